The number of amides is 1. The molecule has 0 aliphatic rings. The van der Waals surface area contributed by atoms with Crippen LogP contribution in [0.5, 0.6) is 0 Å². The Balaban J connectivity index is 1.99. The van der Waals surface area contributed by atoms with Crippen molar-refractivity contribution in [1.29, 1.82) is 0 Å². The Morgan fingerprint density at radius 2 is 2.12 bits per heavy atom. The van der Waals surface area contributed by atoms with Crippen LogP contribution in [0.1, 0.15) is 5.89 Å². The summed E-state index contributed by atoms with van der Waals surface area (Å²) < 4.78 is 4.95. The number of hydrogen-bond donors (Lipinski definition) is 2. The Kier molecular flexibility index (Phi) is 3.36. The number of rotatable bonds is 5. The van der Waals surface area contributed by atoms with Crippen LogP contribution in [0.2, 0.25) is 0 Å². The van der Waals surface area contributed by atoms with Crippen molar-refractivity contribution >= 4 is 5.91 Å². The first-order chi connectivity index (χ1) is 8.25. The van der Waals surface area contributed by atoms with E-state index in [1.165, 1.54) is 0 Å². The van der Waals surface area contributed by atoms with Crippen molar-refractivity contribution in [1.82, 2.24) is 25.4 Å². The lowest BCUT2D eigenvalue weighted by molar-refractivity contribution is -0.117. The van der Waals surface area contributed by atoms with E-state index in [0.29, 0.717) is 17.5 Å². The summed E-state index contributed by atoms with van der Waals surface area (Å²) in [6.07, 6.45) is 3.17. The number of carbonyl (C=O) groups excluding carboxylic acids is 1. The normalized spacial score (nSPS) is 10.4. The van der Waals surface area contributed by atoms with Crippen LogP contribution in [0.25, 0.3) is 11.6 Å². The Bertz CT molecular complexity index is 497. The Morgan fingerprint density at radius 1 is 1.35 bits per heavy atom. The summed E-state index contributed by atoms with van der Waals surface area (Å²) in [6.45, 7) is 0.322. The average Bonchev–Trinajstić information content (AvgIpc) is 2.78. The van der Waals surface area contributed by atoms with Crippen molar-refractivity contribution in [3.05, 3.63) is 24.4 Å². The summed E-state index contributed by atoms with van der Waals surface area (Å²) in [7, 11) is 0. The van der Waals surface area contributed by atoms with E-state index < -0.39 is 5.91 Å². The SMILES string of the molecule is NC(=O)CNCc1nc(-c2ncccn2)no1. The first-order valence-electron chi connectivity index (χ1n) is 4.84. The number of nitrogens with two attached hydrogens (primary N) is 1. The lowest BCUT2D eigenvalue weighted by atomic mass is 10.5. The van der Waals surface area contributed by atoms with E-state index in [4.69, 9.17) is 10.3 Å². The molecule has 0 unspecified atom stereocenters. The summed E-state index contributed by atoms with van der Waals surface area (Å²) in [6, 6.07) is 1.69. The number of carbonyl (C=O) groups is 1. The summed E-state index contributed by atoms with van der Waals surface area (Å²) >= 11 is 0. The maximum absolute atomic E-state index is 10.5. The minimum atomic E-state index is -0.448. The standard InChI is InChI=1S/C9H10N6O2/c10-6(16)4-11-5-7-14-9(15-17-7)8-12-2-1-3-13-8/h1-3,11H,4-5H2,(H2,10,16). The Labute approximate surface area is 96.3 Å². The van der Waals surface area contributed by atoms with E-state index in [1.54, 1.807) is 18.5 Å². The zero-order chi connectivity index (χ0) is 12.1. The molecule has 0 radical (unpaired) electrons. The van der Waals surface area contributed by atoms with Gasteiger partial charge in [0.1, 0.15) is 0 Å². The van der Waals surface area contributed by atoms with Crippen LogP contribution in [0.3, 0.4) is 0 Å². The molecule has 0 fully saturated rings. The van der Waals surface area contributed by atoms with Gasteiger partial charge in [0.15, 0.2) is 0 Å². The second-order valence-electron chi connectivity index (χ2n) is 3.15. The molecule has 2 aromatic heterocycles. The van der Waals surface area contributed by atoms with Crippen molar-refractivity contribution in [3.8, 4) is 11.6 Å². The molecule has 2 rings (SSSR count). The molecule has 0 aliphatic heterocycles. The maximum atomic E-state index is 10.5. The number of nitrogens with zero attached hydrogens (tertiary/aromatic N) is 4. The molecule has 0 aliphatic carbocycles. The minimum Gasteiger partial charge on any atom is -0.369 e. The molecule has 0 bridgehead atoms. The van der Waals surface area contributed by atoms with E-state index in [9.17, 15) is 4.79 Å². The fourth-order valence-corrected chi connectivity index (χ4v) is 1.12. The topological polar surface area (TPSA) is 120 Å². The van der Waals surface area contributed by atoms with E-state index in [0.717, 1.165) is 0 Å². The van der Waals surface area contributed by atoms with Gasteiger partial charge in [0, 0.05) is 12.4 Å². The third kappa shape index (κ3) is 3.05. The number of nitrogens with one attached hydrogen (secondary N) is 1. The van der Waals surface area contributed by atoms with Crippen LogP contribution >= 0.6 is 0 Å². The van der Waals surface area contributed by atoms with E-state index in [-0.39, 0.29) is 13.1 Å². The van der Waals surface area contributed by atoms with Crippen molar-refractivity contribution in [2.45, 2.75) is 6.54 Å². The highest BCUT2D eigenvalue weighted by Gasteiger charge is 2.10. The van der Waals surface area contributed by atoms with Gasteiger partial charge in [0.2, 0.25) is 23.4 Å². The van der Waals surface area contributed by atoms with Gasteiger partial charge < -0.3 is 10.3 Å². The Hall–Kier alpha value is -2.35. The van der Waals surface area contributed by atoms with Crippen LogP contribution in [0.4, 0.5) is 0 Å². The second kappa shape index (κ2) is 5.12. The minimum absolute atomic E-state index is 0.0551. The third-order valence-electron chi connectivity index (χ3n) is 1.81. The molecule has 0 saturated carbocycles. The van der Waals surface area contributed by atoms with Crippen LogP contribution in [0, 0.1) is 0 Å². The fraction of sp³-hybridized carbons (Fsp3) is 0.222. The van der Waals surface area contributed by atoms with Gasteiger partial charge in [0.05, 0.1) is 13.1 Å². The van der Waals surface area contributed by atoms with Gasteiger partial charge in [-0.05, 0) is 6.07 Å². The first kappa shape index (κ1) is 11.1. The smallest absolute Gasteiger partial charge is 0.241 e. The Morgan fingerprint density at radius 3 is 2.82 bits per heavy atom. The summed E-state index contributed by atoms with van der Waals surface area (Å²) in [5.41, 5.74) is 4.96. The molecule has 3 N–H and O–H groups in total. The summed E-state index contributed by atoms with van der Waals surface area (Å²) in [5, 5.41) is 6.47. The van der Waals surface area contributed by atoms with Crippen LogP contribution < -0.4 is 11.1 Å². The monoisotopic (exact) mass is 234 g/mol. The molecular formula is C9H10N6O2. The summed E-state index contributed by atoms with van der Waals surface area (Å²) in [5.74, 6) is 0.587. The summed E-state index contributed by atoms with van der Waals surface area (Å²) in [4.78, 5) is 22.5. The molecule has 88 valence electrons. The molecule has 0 saturated heterocycles. The number of aromatic nitrogens is 4. The van der Waals surface area contributed by atoms with Gasteiger partial charge >= 0.3 is 0 Å². The number of primary amides is 1. The predicted molar refractivity (Wildman–Crippen MR) is 56.2 cm³/mol. The third-order valence-corrected chi connectivity index (χ3v) is 1.81. The van der Waals surface area contributed by atoms with Crippen molar-refractivity contribution in [2.75, 3.05) is 6.54 Å². The quantitative estimate of drug-likeness (QED) is 0.687. The zero-order valence-electron chi connectivity index (χ0n) is 8.83. The molecule has 2 aromatic rings. The molecule has 8 nitrogen and oxygen atoms in total. The molecule has 0 atom stereocenters. The molecule has 0 aromatic carbocycles. The van der Waals surface area contributed by atoms with Gasteiger partial charge in [0.25, 0.3) is 0 Å². The van der Waals surface area contributed by atoms with Gasteiger partial charge in [-0.15, -0.1) is 0 Å². The van der Waals surface area contributed by atoms with Gasteiger partial charge in [-0.3, -0.25) is 10.1 Å². The maximum Gasteiger partial charge on any atom is 0.241 e. The highest BCUT2D eigenvalue weighted by Crippen LogP contribution is 2.08. The first-order valence-corrected chi connectivity index (χ1v) is 4.84. The molecule has 8 heteroatoms. The van der Waals surface area contributed by atoms with E-state index in [1.807, 2.05) is 0 Å². The van der Waals surface area contributed by atoms with Gasteiger partial charge in [-0.25, -0.2) is 9.97 Å². The lowest BCUT2D eigenvalue weighted by Gasteiger charge is -1.95. The molecule has 2 heterocycles. The molecular weight excluding hydrogens is 224 g/mol. The number of hydrogen-bond acceptors (Lipinski definition) is 7. The largest absolute Gasteiger partial charge is 0.369 e. The zero-order valence-corrected chi connectivity index (χ0v) is 8.83. The highest BCUT2D eigenvalue weighted by molar-refractivity contribution is 5.75. The second-order valence-corrected chi connectivity index (χ2v) is 3.15. The van der Waals surface area contributed by atoms with Crippen molar-refractivity contribution in [3.63, 3.8) is 0 Å². The van der Waals surface area contributed by atoms with Crippen LogP contribution in [-0.4, -0.2) is 32.6 Å². The van der Waals surface area contributed by atoms with Crippen LogP contribution in [0.15, 0.2) is 23.0 Å². The van der Waals surface area contributed by atoms with Gasteiger partial charge in [-0.1, -0.05) is 5.16 Å². The van der Waals surface area contributed by atoms with Gasteiger partial charge in [-0.2, -0.15) is 4.98 Å². The van der Waals surface area contributed by atoms with Crippen molar-refractivity contribution in [2.24, 2.45) is 5.73 Å². The van der Waals surface area contributed by atoms with Crippen LogP contribution in [-0.2, 0) is 11.3 Å². The molecule has 0 spiro atoms. The lowest BCUT2D eigenvalue weighted by Crippen LogP contribution is -2.28. The highest BCUT2D eigenvalue weighted by atomic mass is 16.5. The fourth-order valence-electron chi connectivity index (χ4n) is 1.12. The average molecular weight is 234 g/mol. The van der Waals surface area contributed by atoms with E-state index >= 15 is 0 Å². The predicted octanol–water partition coefficient (Wildman–Crippen LogP) is -0.899. The molecule has 1 amide bonds. The molecule has 17 heavy (non-hydrogen) atoms. The van der Waals surface area contributed by atoms with E-state index in [2.05, 4.69) is 25.4 Å². The van der Waals surface area contributed by atoms with Crippen molar-refractivity contribution < 1.29 is 9.32 Å².